The summed E-state index contributed by atoms with van der Waals surface area (Å²) in [5.74, 6) is 1.46. The van der Waals surface area contributed by atoms with Crippen LogP contribution in [0.15, 0.2) is 12.1 Å². The summed E-state index contributed by atoms with van der Waals surface area (Å²) in [4.78, 5) is 12.1. The lowest BCUT2D eigenvalue weighted by atomic mass is 9.99. The first-order chi connectivity index (χ1) is 8.63. The van der Waals surface area contributed by atoms with Crippen molar-refractivity contribution in [3.63, 3.8) is 0 Å². The van der Waals surface area contributed by atoms with Gasteiger partial charge < -0.3 is 9.47 Å². The number of aryl methyl sites for hydroxylation is 1. The summed E-state index contributed by atoms with van der Waals surface area (Å²) >= 11 is 0. The van der Waals surface area contributed by atoms with E-state index in [1.165, 1.54) is 0 Å². The van der Waals surface area contributed by atoms with Crippen molar-refractivity contribution in [1.29, 1.82) is 0 Å². The van der Waals surface area contributed by atoms with Gasteiger partial charge in [-0.1, -0.05) is 19.8 Å². The molecule has 0 saturated carbocycles. The Bertz CT molecular complexity index is 410. The lowest BCUT2D eigenvalue weighted by molar-refractivity contribution is 0.0978. The average molecular weight is 250 g/mol. The first kappa shape index (κ1) is 14.6. The standard InChI is InChI=1S/C15H22O3/c1-5-6-7-8-13(16)12-10-15(18-4)14(17-3)9-11(12)2/h9-10H,5-8H2,1-4H3. The van der Waals surface area contributed by atoms with E-state index < -0.39 is 0 Å². The molecule has 18 heavy (non-hydrogen) atoms. The van der Waals surface area contributed by atoms with Crippen LogP contribution in [0.1, 0.15) is 48.5 Å². The van der Waals surface area contributed by atoms with Crippen molar-refractivity contribution in [3.05, 3.63) is 23.3 Å². The molecule has 3 heteroatoms. The molecular weight excluding hydrogens is 228 g/mol. The van der Waals surface area contributed by atoms with Crippen LogP contribution in [0.5, 0.6) is 11.5 Å². The zero-order valence-electron chi connectivity index (χ0n) is 11.7. The van der Waals surface area contributed by atoms with Gasteiger partial charge in [0.1, 0.15) is 0 Å². The molecule has 100 valence electrons. The van der Waals surface area contributed by atoms with Crippen LogP contribution < -0.4 is 9.47 Å². The van der Waals surface area contributed by atoms with Crippen LogP contribution in [-0.2, 0) is 0 Å². The van der Waals surface area contributed by atoms with Crippen LogP contribution in [0.3, 0.4) is 0 Å². The molecule has 1 rings (SSSR count). The summed E-state index contributed by atoms with van der Waals surface area (Å²) in [5, 5.41) is 0. The molecule has 0 unspecified atom stereocenters. The number of benzene rings is 1. The van der Waals surface area contributed by atoms with Gasteiger partial charge in [0.25, 0.3) is 0 Å². The van der Waals surface area contributed by atoms with Gasteiger partial charge in [0.15, 0.2) is 17.3 Å². The maximum Gasteiger partial charge on any atom is 0.163 e. The van der Waals surface area contributed by atoms with Crippen LogP contribution in [0, 0.1) is 6.92 Å². The van der Waals surface area contributed by atoms with Crippen LogP contribution in [-0.4, -0.2) is 20.0 Å². The fourth-order valence-corrected chi connectivity index (χ4v) is 1.95. The van der Waals surface area contributed by atoms with E-state index in [4.69, 9.17) is 9.47 Å². The van der Waals surface area contributed by atoms with Gasteiger partial charge >= 0.3 is 0 Å². The second-order valence-corrected chi connectivity index (χ2v) is 4.40. The predicted octanol–water partition coefficient (Wildman–Crippen LogP) is 3.78. The number of carbonyl (C=O) groups excluding carboxylic acids is 1. The Kier molecular flexibility index (Phi) is 5.69. The summed E-state index contributed by atoms with van der Waals surface area (Å²) in [6.07, 6.45) is 3.77. The molecule has 1 aromatic rings. The molecular formula is C15H22O3. The summed E-state index contributed by atoms with van der Waals surface area (Å²) < 4.78 is 10.4. The molecule has 0 saturated heterocycles. The van der Waals surface area contributed by atoms with Crippen molar-refractivity contribution in [2.24, 2.45) is 0 Å². The van der Waals surface area contributed by atoms with Crippen molar-refractivity contribution in [2.75, 3.05) is 14.2 Å². The highest BCUT2D eigenvalue weighted by Crippen LogP contribution is 2.30. The highest BCUT2D eigenvalue weighted by atomic mass is 16.5. The SMILES string of the molecule is CCCCCC(=O)c1cc(OC)c(OC)cc1C. The molecule has 0 atom stereocenters. The number of Topliss-reactive ketones (excluding diaryl/α,β-unsaturated/α-hetero) is 1. The molecule has 0 fully saturated rings. The molecule has 0 spiro atoms. The number of carbonyl (C=O) groups is 1. The van der Waals surface area contributed by atoms with Gasteiger partial charge in [-0.2, -0.15) is 0 Å². The smallest absolute Gasteiger partial charge is 0.163 e. The predicted molar refractivity (Wildman–Crippen MR) is 72.8 cm³/mol. The van der Waals surface area contributed by atoms with Crippen LogP contribution >= 0.6 is 0 Å². The van der Waals surface area contributed by atoms with Crippen molar-refractivity contribution in [3.8, 4) is 11.5 Å². The van der Waals surface area contributed by atoms with E-state index in [1.807, 2.05) is 13.0 Å². The monoisotopic (exact) mass is 250 g/mol. The Hall–Kier alpha value is -1.51. The van der Waals surface area contributed by atoms with Crippen molar-refractivity contribution in [2.45, 2.75) is 39.5 Å². The summed E-state index contributed by atoms with van der Waals surface area (Å²) in [7, 11) is 3.18. The lowest BCUT2D eigenvalue weighted by Crippen LogP contribution is -2.03. The average Bonchev–Trinajstić information content (AvgIpc) is 2.38. The minimum absolute atomic E-state index is 0.182. The quantitative estimate of drug-likeness (QED) is 0.546. The van der Waals surface area contributed by atoms with Gasteiger partial charge in [0.05, 0.1) is 14.2 Å². The van der Waals surface area contributed by atoms with E-state index in [1.54, 1.807) is 20.3 Å². The highest BCUT2D eigenvalue weighted by molar-refractivity contribution is 5.98. The molecule has 1 aromatic carbocycles. The van der Waals surface area contributed by atoms with Crippen LogP contribution in [0.25, 0.3) is 0 Å². The number of methoxy groups -OCH3 is 2. The lowest BCUT2D eigenvalue weighted by Gasteiger charge is -2.12. The molecule has 0 radical (unpaired) electrons. The summed E-state index contributed by atoms with van der Waals surface area (Å²) in [6.45, 7) is 4.06. The van der Waals surface area contributed by atoms with Crippen molar-refractivity contribution < 1.29 is 14.3 Å². The van der Waals surface area contributed by atoms with Crippen LogP contribution in [0.4, 0.5) is 0 Å². The second kappa shape index (κ2) is 7.04. The summed E-state index contributed by atoms with van der Waals surface area (Å²) in [5.41, 5.74) is 1.68. The van der Waals surface area contributed by atoms with Crippen molar-refractivity contribution in [1.82, 2.24) is 0 Å². The largest absolute Gasteiger partial charge is 0.493 e. The molecule has 0 aliphatic rings. The Morgan fingerprint density at radius 3 is 2.28 bits per heavy atom. The maximum absolute atomic E-state index is 12.1. The van der Waals surface area contributed by atoms with Gasteiger partial charge in [-0.05, 0) is 31.0 Å². The fourth-order valence-electron chi connectivity index (χ4n) is 1.95. The molecule has 0 aromatic heterocycles. The zero-order valence-corrected chi connectivity index (χ0v) is 11.7. The molecule has 0 bridgehead atoms. The Morgan fingerprint density at radius 1 is 1.11 bits per heavy atom. The van der Waals surface area contributed by atoms with E-state index in [-0.39, 0.29) is 5.78 Å². The second-order valence-electron chi connectivity index (χ2n) is 4.40. The van der Waals surface area contributed by atoms with Gasteiger partial charge in [-0.25, -0.2) is 0 Å². The zero-order chi connectivity index (χ0) is 13.5. The molecule has 0 N–H and O–H groups in total. The number of unbranched alkanes of at least 4 members (excludes halogenated alkanes) is 2. The molecule has 3 nitrogen and oxygen atoms in total. The van der Waals surface area contributed by atoms with E-state index >= 15 is 0 Å². The minimum Gasteiger partial charge on any atom is -0.493 e. The number of hydrogen-bond acceptors (Lipinski definition) is 3. The number of ether oxygens (including phenoxy) is 2. The highest BCUT2D eigenvalue weighted by Gasteiger charge is 2.13. The number of hydrogen-bond donors (Lipinski definition) is 0. The first-order valence-corrected chi connectivity index (χ1v) is 6.39. The van der Waals surface area contributed by atoms with Gasteiger partial charge in [0.2, 0.25) is 0 Å². The van der Waals surface area contributed by atoms with E-state index in [9.17, 15) is 4.79 Å². The normalized spacial score (nSPS) is 10.2. The number of rotatable bonds is 7. The van der Waals surface area contributed by atoms with Gasteiger partial charge in [0, 0.05) is 12.0 Å². The minimum atomic E-state index is 0.182. The van der Waals surface area contributed by atoms with Crippen molar-refractivity contribution >= 4 is 5.78 Å². The first-order valence-electron chi connectivity index (χ1n) is 6.39. The maximum atomic E-state index is 12.1. The topological polar surface area (TPSA) is 35.5 Å². The van der Waals surface area contributed by atoms with E-state index in [0.29, 0.717) is 17.9 Å². The number of ketones is 1. The van der Waals surface area contributed by atoms with E-state index in [0.717, 1.165) is 30.4 Å². The Balaban J connectivity index is 2.91. The van der Waals surface area contributed by atoms with Gasteiger partial charge in [-0.3, -0.25) is 4.79 Å². The Morgan fingerprint density at radius 2 is 1.72 bits per heavy atom. The third-order valence-electron chi connectivity index (χ3n) is 3.04. The molecule has 0 aliphatic carbocycles. The van der Waals surface area contributed by atoms with Gasteiger partial charge in [-0.15, -0.1) is 0 Å². The molecule has 0 amide bonds. The molecule has 0 heterocycles. The third kappa shape index (κ3) is 3.49. The Labute approximate surface area is 109 Å². The van der Waals surface area contributed by atoms with E-state index in [2.05, 4.69) is 6.92 Å². The fraction of sp³-hybridized carbons (Fsp3) is 0.533. The third-order valence-corrected chi connectivity index (χ3v) is 3.04. The van der Waals surface area contributed by atoms with Crippen LogP contribution in [0.2, 0.25) is 0 Å². The summed E-state index contributed by atoms with van der Waals surface area (Å²) in [6, 6.07) is 3.63. The molecule has 0 aliphatic heterocycles.